The zero-order valence-electron chi connectivity index (χ0n) is 37.3. The summed E-state index contributed by atoms with van der Waals surface area (Å²) < 4.78 is 141. The molecule has 1 heteroatoms. The molecule has 8 aromatic carbocycles. The van der Waals surface area contributed by atoms with Crippen LogP contribution >= 0.6 is 0 Å². The Balaban J connectivity index is 1.64. The van der Waals surface area contributed by atoms with Crippen LogP contribution in [0.15, 0.2) is 162 Å². The van der Waals surface area contributed by atoms with Crippen molar-refractivity contribution in [1.82, 2.24) is 0 Å². The van der Waals surface area contributed by atoms with Crippen molar-refractivity contribution >= 4 is 54.3 Å². The van der Waals surface area contributed by atoms with Crippen molar-refractivity contribution in [3.63, 3.8) is 0 Å². The molecule has 0 spiro atoms. The predicted octanol–water partition coefficient (Wildman–Crippen LogP) is 12.0. The Labute approximate surface area is 270 Å². The van der Waals surface area contributed by atoms with Crippen LogP contribution < -0.4 is 0 Å². The van der Waals surface area contributed by atoms with Crippen molar-refractivity contribution in [1.29, 1.82) is 0 Å². The first-order valence-corrected chi connectivity index (χ1v) is 13.6. The van der Waals surface area contributed by atoms with E-state index in [1.54, 1.807) is 24.3 Å². The highest BCUT2D eigenvalue weighted by molar-refractivity contribution is 6.27. The minimum atomic E-state index is -0.761. The molecular weight excluding hydrogens is 520 g/mol. The summed E-state index contributed by atoms with van der Waals surface area (Å²) in [6.45, 7) is 0. The Morgan fingerprint density at radius 2 is 0.907 bits per heavy atom. The van der Waals surface area contributed by atoms with Gasteiger partial charge in [-0.1, -0.05) is 145 Å². The summed E-state index contributed by atoms with van der Waals surface area (Å²) in [6, 6.07) is 9.75. The van der Waals surface area contributed by atoms with Crippen LogP contribution in [-0.4, -0.2) is 0 Å². The van der Waals surface area contributed by atoms with E-state index in [9.17, 15) is 6.85 Å². The van der Waals surface area contributed by atoms with Gasteiger partial charge in [0.2, 0.25) is 0 Å². The Kier molecular flexibility index (Phi) is 2.97. The summed E-state index contributed by atoms with van der Waals surface area (Å²) in [5.74, 6) is 0. The fraction of sp³-hybridized carbons (Fsp3) is 0. The van der Waals surface area contributed by atoms with Crippen LogP contribution in [0.5, 0.6) is 0 Å². The predicted molar refractivity (Wildman–Crippen MR) is 183 cm³/mol. The highest BCUT2D eigenvalue weighted by atomic mass is 16.3. The Hall–Kier alpha value is -5.66. The van der Waals surface area contributed by atoms with Crippen LogP contribution in [0.25, 0.3) is 87.6 Å². The number of hydrogen-bond donors (Lipinski definition) is 0. The number of hydrogen-bond acceptors (Lipinski definition) is 1. The van der Waals surface area contributed by atoms with E-state index in [0.717, 1.165) is 11.1 Å². The van der Waals surface area contributed by atoms with Crippen LogP contribution in [0.1, 0.15) is 20.6 Å². The maximum absolute atomic E-state index is 9.47. The molecule has 43 heavy (non-hydrogen) atoms. The molecule has 0 saturated heterocycles. The molecule has 1 aromatic heterocycles. The van der Waals surface area contributed by atoms with Crippen LogP contribution in [0.3, 0.4) is 0 Å². The molecule has 0 aliphatic rings. The first-order chi connectivity index (χ1) is 27.6. The van der Waals surface area contributed by atoms with E-state index < -0.39 is 107 Å². The van der Waals surface area contributed by atoms with E-state index in [-0.39, 0.29) is 32.7 Å². The number of furan rings is 1. The normalized spacial score (nSPS) is 16.6. The van der Waals surface area contributed by atoms with Gasteiger partial charge in [0.15, 0.2) is 0 Å². The van der Waals surface area contributed by atoms with E-state index in [4.69, 9.17) is 18.1 Å². The van der Waals surface area contributed by atoms with Gasteiger partial charge in [-0.25, -0.2) is 0 Å². The summed E-state index contributed by atoms with van der Waals surface area (Å²) in [5.41, 5.74) is 1.95. The van der Waals surface area contributed by atoms with Gasteiger partial charge < -0.3 is 4.42 Å². The Bertz CT molecular complexity index is 3250. The molecule has 200 valence electrons. The largest absolute Gasteiger partial charge is 0.456 e. The molecule has 0 aliphatic heterocycles. The van der Waals surface area contributed by atoms with Gasteiger partial charge in [0, 0.05) is 10.8 Å². The van der Waals surface area contributed by atoms with Gasteiger partial charge in [-0.05, 0) is 77.8 Å². The number of fused-ring (bicyclic) bond motifs is 6. The molecule has 0 aliphatic carbocycles. The molecule has 0 unspecified atom stereocenters. The lowest BCUT2D eigenvalue weighted by Crippen LogP contribution is -1.92. The van der Waals surface area contributed by atoms with Gasteiger partial charge in [0.05, 0.1) is 20.6 Å². The highest BCUT2D eigenvalue weighted by Gasteiger charge is 2.22. The average Bonchev–Trinajstić information content (AvgIpc) is 3.62. The maximum Gasteiger partial charge on any atom is 0.136 e. The zero-order valence-corrected chi connectivity index (χ0v) is 22.3. The highest BCUT2D eigenvalue weighted by Crippen LogP contribution is 2.48. The second kappa shape index (κ2) is 9.44. The first kappa shape index (κ1) is 13.5. The van der Waals surface area contributed by atoms with Crippen LogP contribution in [0.2, 0.25) is 0 Å². The monoisotopic (exact) mass is 561 g/mol. The molecule has 0 fully saturated rings. The second-order valence-electron chi connectivity index (χ2n) is 10.1. The van der Waals surface area contributed by atoms with Crippen molar-refractivity contribution in [2.75, 3.05) is 0 Å². The first-order valence-electron chi connectivity index (χ1n) is 21.1. The van der Waals surface area contributed by atoms with Gasteiger partial charge in [-0.3, -0.25) is 0 Å². The lowest BCUT2D eigenvalue weighted by atomic mass is 9.83. The molecule has 1 nitrogen and oxygen atoms in total. The third-order valence-corrected chi connectivity index (χ3v) is 7.81. The SMILES string of the molecule is [2H]c1c([2H])c([2H])c2c(-c3c4c([2H])c([2H])c([2H])c([2H])c4c(-c4cccc5oc6cccc(-c7ccccc7)c6c45)c4c([2H])c([2H])c([2H])c([2H])c34)c([2H])c([2H])c([2H])c2c1[2H]. The minimum absolute atomic E-state index is 0.00450. The number of rotatable bonds is 3. The lowest BCUT2D eigenvalue weighted by molar-refractivity contribution is 0.669. The topological polar surface area (TPSA) is 13.1 Å². The van der Waals surface area contributed by atoms with E-state index in [1.165, 1.54) is 0 Å². The lowest BCUT2D eigenvalue weighted by Gasteiger charge is -2.19. The molecule has 0 amide bonds. The summed E-state index contributed by atoms with van der Waals surface area (Å²) in [5, 5.41) is -0.761. The smallest absolute Gasteiger partial charge is 0.136 e. The molecule has 0 bridgehead atoms. The van der Waals surface area contributed by atoms with Gasteiger partial charge >= 0.3 is 0 Å². The van der Waals surface area contributed by atoms with E-state index in [1.807, 2.05) is 42.5 Å². The zero-order chi connectivity index (χ0) is 41.4. The van der Waals surface area contributed by atoms with E-state index in [2.05, 4.69) is 0 Å². The van der Waals surface area contributed by atoms with Crippen molar-refractivity contribution in [2.24, 2.45) is 0 Å². The third kappa shape index (κ3) is 3.58. The summed E-state index contributed by atoms with van der Waals surface area (Å²) in [4.78, 5) is 0. The minimum Gasteiger partial charge on any atom is -0.456 e. The molecule has 0 atom stereocenters. The number of benzene rings is 8. The van der Waals surface area contributed by atoms with Crippen LogP contribution in [0.4, 0.5) is 0 Å². The second-order valence-corrected chi connectivity index (χ2v) is 10.1. The van der Waals surface area contributed by atoms with Crippen molar-refractivity contribution in [3.05, 3.63) is 157 Å². The molecule has 9 aromatic rings. The fourth-order valence-corrected chi connectivity index (χ4v) is 6.08. The summed E-state index contributed by atoms with van der Waals surface area (Å²) >= 11 is 0. The van der Waals surface area contributed by atoms with E-state index in [0.29, 0.717) is 27.5 Å². The Morgan fingerprint density at radius 3 is 1.56 bits per heavy atom. The van der Waals surface area contributed by atoms with Gasteiger partial charge in [0.25, 0.3) is 0 Å². The summed E-state index contributed by atoms with van der Waals surface area (Å²) in [7, 11) is 0. The third-order valence-electron chi connectivity index (χ3n) is 7.81. The van der Waals surface area contributed by atoms with Crippen molar-refractivity contribution in [2.45, 2.75) is 0 Å². The van der Waals surface area contributed by atoms with E-state index >= 15 is 0 Å². The standard InChI is InChI=1S/C42H26O/c1-2-13-28(14-3-1)30-22-11-25-37-41(30)42-36(24-12-26-38(42)43-37)40-34-20-8-6-18-32(34)39(33-19-7-9-21-35(33)40)31-23-10-16-27-15-4-5-17-29(27)31/h1-26H/i4D,5D,6D,7D,8D,9D,10D,15D,16D,17D,18D,19D,20D,21D,23D. The van der Waals surface area contributed by atoms with Gasteiger partial charge in [-0.2, -0.15) is 0 Å². The molecule has 1 heterocycles. The fourth-order valence-electron chi connectivity index (χ4n) is 6.08. The van der Waals surface area contributed by atoms with Crippen LogP contribution in [-0.2, 0) is 0 Å². The summed E-state index contributed by atoms with van der Waals surface area (Å²) in [6.07, 6.45) is 0. The average molecular weight is 562 g/mol. The molecule has 9 rings (SSSR count). The molecule has 0 N–H and O–H groups in total. The van der Waals surface area contributed by atoms with Crippen molar-refractivity contribution < 1.29 is 25.0 Å². The van der Waals surface area contributed by atoms with Crippen molar-refractivity contribution in [3.8, 4) is 33.4 Å². The van der Waals surface area contributed by atoms with Gasteiger partial charge in [0.1, 0.15) is 11.2 Å². The maximum atomic E-state index is 9.47. The quantitative estimate of drug-likeness (QED) is 0.196. The Morgan fingerprint density at radius 1 is 0.395 bits per heavy atom. The molecule has 0 radical (unpaired) electrons. The van der Waals surface area contributed by atoms with Gasteiger partial charge in [-0.15, -0.1) is 0 Å². The molecule has 0 saturated carbocycles. The van der Waals surface area contributed by atoms with Crippen LogP contribution in [0, 0.1) is 0 Å². The molecular formula is C42H26O.